The largest absolute Gasteiger partial charge is 0.481 e. The molecule has 1 heterocycles. The number of carbonyl (C=O) groups excluding carboxylic acids is 1. The zero-order valence-electron chi connectivity index (χ0n) is 13.9. The molecule has 1 saturated carbocycles. The Morgan fingerprint density at radius 1 is 1.20 bits per heavy atom. The van der Waals surface area contributed by atoms with E-state index in [2.05, 4.69) is 20.5 Å². The summed E-state index contributed by atoms with van der Waals surface area (Å²) in [5.41, 5.74) is 3.19. The third-order valence-corrected chi connectivity index (χ3v) is 3.52. The van der Waals surface area contributed by atoms with E-state index in [1.165, 1.54) is 20.4 Å². The monoisotopic (exact) mass is 342 g/mol. The van der Waals surface area contributed by atoms with E-state index < -0.39 is 0 Å². The van der Waals surface area contributed by atoms with Crippen molar-refractivity contribution >= 4 is 12.1 Å². The summed E-state index contributed by atoms with van der Waals surface area (Å²) in [4.78, 5) is 19.9. The highest BCUT2D eigenvalue weighted by molar-refractivity contribution is 5.86. The number of nitrogens with zero attached hydrogens (tertiary/aromatic N) is 3. The lowest BCUT2D eigenvalue weighted by molar-refractivity contribution is -0.122. The molecule has 130 valence electrons. The van der Waals surface area contributed by atoms with Gasteiger partial charge in [0, 0.05) is 11.5 Å². The van der Waals surface area contributed by atoms with Crippen molar-refractivity contribution in [3.05, 3.63) is 35.9 Å². The molecule has 0 saturated heterocycles. The number of nitrogens with one attached hydrogen (secondary N) is 1. The molecule has 25 heavy (non-hydrogen) atoms. The van der Waals surface area contributed by atoms with Crippen molar-refractivity contribution in [3.8, 4) is 23.5 Å². The molecule has 0 radical (unpaired) electrons. The van der Waals surface area contributed by atoms with Gasteiger partial charge < -0.3 is 14.2 Å². The fourth-order valence-electron chi connectivity index (χ4n) is 2.02. The van der Waals surface area contributed by atoms with Crippen LogP contribution in [-0.2, 0) is 4.79 Å². The zero-order valence-corrected chi connectivity index (χ0v) is 13.9. The van der Waals surface area contributed by atoms with Crippen molar-refractivity contribution in [1.82, 2.24) is 15.4 Å². The van der Waals surface area contributed by atoms with Gasteiger partial charge in [-0.1, -0.05) is 12.1 Å². The summed E-state index contributed by atoms with van der Waals surface area (Å²) in [7, 11) is 2.99. The smallest absolute Gasteiger partial charge is 0.328 e. The summed E-state index contributed by atoms with van der Waals surface area (Å²) in [6.45, 7) is 0. The summed E-state index contributed by atoms with van der Waals surface area (Å²) in [5, 5.41) is 3.98. The van der Waals surface area contributed by atoms with Crippen LogP contribution in [0.4, 0.5) is 0 Å². The number of carbonyl (C=O) groups is 1. The molecule has 8 nitrogen and oxygen atoms in total. The first-order chi connectivity index (χ1) is 12.2. The van der Waals surface area contributed by atoms with E-state index in [1.54, 1.807) is 18.2 Å². The summed E-state index contributed by atoms with van der Waals surface area (Å²) in [5.74, 6) is 1.17. The lowest BCUT2D eigenvalue weighted by Crippen LogP contribution is -2.19. The molecule has 1 fully saturated rings. The van der Waals surface area contributed by atoms with Gasteiger partial charge in [-0.3, -0.25) is 4.79 Å². The molecule has 1 aliphatic rings. The Morgan fingerprint density at radius 3 is 2.52 bits per heavy atom. The first-order valence-corrected chi connectivity index (χ1v) is 7.76. The van der Waals surface area contributed by atoms with E-state index in [0.29, 0.717) is 23.1 Å². The van der Waals surface area contributed by atoms with E-state index in [-0.39, 0.29) is 17.8 Å². The highest BCUT2D eigenvalue weighted by Crippen LogP contribution is 2.29. The molecule has 1 aromatic carbocycles. The lowest BCUT2D eigenvalue weighted by atomic mass is 10.2. The van der Waals surface area contributed by atoms with E-state index in [9.17, 15) is 4.79 Å². The average Bonchev–Trinajstić information content (AvgIpc) is 3.48. The van der Waals surface area contributed by atoms with E-state index in [4.69, 9.17) is 14.2 Å². The molecule has 2 aromatic rings. The van der Waals surface area contributed by atoms with Crippen molar-refractivity contribution in [3.63, 3.8) is 0 Å². The lowest BCUT2D eigenvalue weighted by Gasteiger charge is -2.09. The Bertz CT molecular complexity index is 768. The van der Waals surface area contributed by atoms with E-state index in [1.807, 2.05) is 12.1 Å². The molecule has 1 aliphatic carbocycles. The number of ether oxygens (including phenoxy) is 3. The van der Waals surface area contributed by atoms with Crippen LogP contribution in [0.1, 0.15) is 18.4 Å². The average molecular weight is 342 g/mol. The predicted octanol–water partition coefficient (Wildman–Crippen LogP) is 2.15. The minimum absolute atomic E-state index is 0.0597. The van der Waals surface area contributed by atoms with Gasteiger partial charge in [-0.05, 0) is 25.0 Å². The van der Waals surface area contributed by atoms with Crippen molar-refractivity contribution < 1.29 is 19.0 Å². The topological polar surface area (TPSA) is 94.9 Å². The maximum atomic E-state index is 11.6. The van der Waals surface area contributed by atoms with Gasteiger partial charge in [0.05, 0.1) is 26.5 Å². The minimum Gasteiger partial charge on any atom is -0.481 e. The number of benzene rings is 1. The quantitative estimate of drug-likeness (QED) is 0.612. The predicted molar refractivity (Wildman–Crippen MR) is 90.1 cm³/mol. The van der Waals surface area contributed by atoms with Crippen molar-refractivity contribution in [1.29, 1.82) is 0 Å². The van der Waals surface area contributed by atoms with Gasteiger partial charge >= 0.3 is 6.01 Å². The maximum Gasteiger partial charge on any atom is 0.328 e. The van der Waals surface area contributed by atoms with Gasteiger partial charge in [0.2, 0.25) is 17.7 Å². The molecule has 0 bridgehead atoms. The van der Waals surface area contributed by atoms with Crippen LogP contribution in [0.15, 0.2) is 35.4 Å². The van der Waals surface area contributed by atoms with Crippen LogP contribution in [0.3, 0.4) is 0 Å². The number of rotatable bonds is 7. The molecule has 0 atom stereocenters. The molecular weight excluding hydrogens is 324 g/mol. The Kier molecular flexibility index (Phi) is 5.08. The molecule has 0 aliphatic heterocycles. The Morgan fingerprint density at radius 2 is 1.88 bits per heavy atom. The van der Waals surface area contributed by atoms with Crippen molar-refractivity contribution in [2.75, 3.05) is 14.2 Å². The second-order valence-electron chi connectivity index (χ2n) is 5.38. The first-order valence-electron chi connectivity index (χ1n) is 7.76. The van der Waals surface area contributed by atoms with E-state index in [0.717, 1.165) is 12.8 Å². The third kappa shape index (κ3) is 4.43. The Labute approximate surface area is 144 Å². The fourth-order valence-corrected chi connectivity index (χ4v) is 2.02. The summed E-state index contributed by atoms with van der Waals surface area (Å²) < 4.78 is 15.9. The van der Waals surface area contributed by atoms with Crippen molar-refractivity contribution in [2.45, 2.75) is 12.8 Å². The van der Waals surface area contributed by atoms with Gasteiger partial charge in [0.15, 0.2) is 0 Å². The zero-order chi connectivity index (χ0) is 17.6. The standard InChI is InChI=1S/C17H18N4O4/c1-23-14-9-15(24-2)20-17(19-14)25-13-6-4-3-5-12(13)10-18-21-16(22)11-7-8-11/h3-6,9-11H,7-8H2,1-2H3,(H,21,22). The fraction of sp³-hybridized carbons (Fsp3) is 0.294. The van der Waals surface area contributed by atoms with E-state index >= 15 is 0 Å². The second kappa shape index (κ2) is 7.61. The number of hydrogen-bond donors (Lipinski definition) is 1. The number of para-hydroxylation sites is 1. The van der Waals surface area contributed by atoms with Crippen LogP contribution in [0.2, 0.25) is 0 Å². The summed E-state index contributed by atoms with van der Waals surface area (Å²) >= 11 is 0. The molecule has 8 heteroatoms. The number of hydrogen-bond acceptors (Lipinski definition) is 7. The Balaban J connectivity index is 1.76. The molecule has 1 aromatic heterocycles. The number of amides is 1. The number of hydrazone groups is 1. The second-order valence-corrected chi connectivity index (χ2v) is 5.38. The SMILES string of the molecule is COc1cc(OC)nc(Oc2ccccc2C=NNC(=O)C2CC2)n1. The number of methoxy groups -OCH3 is 2. The molecular formula is C17H18N4O4. The number of aromatic nitrogens is 2. The van der Waals surface area contributed by atoms with Crippen LogP contribution in [0.25, 0.3) is 0 Å². The highest BCUT2D eigenvalue weighted by Gasteiger charge is 2.29. The van der Waals surface area contributed by atoms with Crippen LogP contribution < -0.4 is 19.6 Å². The van der Waals surface area contributed by atoms with Crippen LogP contribution in [0, 0.1) is 5.92 Å². The van der Waals surface area contributed by atoms with Crippen LogP contribution >= 0.6 is 0 Å². The minimum atomic E-state index is -0.0597. The van der Waals surface area contributed by atoms with Gasteiger partial charge in [-0.15, -0.1) is 0 Å². The molecule has 3 rings (SSSR count). The van der Waals surface area contributed by atoms with Gasteiger partial charge in [0.25, 0.3) is 0 Å². The summed E-state index contributed by atoms with van der Waals surface area (Å²) in [6.07, 6.45) is 3.37. The Hall–Kier alpha value is -3.16. The molecule has 1 amide bonds. The van der Waals surface area contributed by atoms with Gasteiger partial charge in [-0.25, -0.2) is 5.43 Å². The van der Waals surface area contributed by atoms with Crippen LogP contribution in [0.5, 0.6) is 23.5 Å². The molecule has 1 N–H and O–H groups in total. The van der Waals surface area contributed by atoms with Gasteiger partial charge in [0.1, 0.15) is 5.75 Å². The van der Waals surface area contributed by atoms with Crippen molar-refractivity contribution in [2.24, 2.45) is 11.0 Å². The summed E-state index contributed by atoms with van der Waals surface area (Å²) in [6, 6.07) is 8.84. The van der Waals surface area contributed by atoms with Gasteiger partial charge in [-0.2, -0.15) is 15.1 Å². The third-order valence-electron chi connectivity index (χ3n) is 3.52. The van der Waals surface area contributed by atoms with Crippen LogP contribution in [-0.4, -0.2) is 36.3 Å². The first kappa shape index (κ1) is 16.7. The maximum absolute atomic E-state index is 11.6. The molecule has 0 spiro atoms. The highest BCUT2D eigenvalue weighted by atomic mass is 16.5. The normalized spacial score (nSPS) is 13.5. The molecule has 0 unspecified atom stereocenters.